The van der Waals surface area contributed by atoms with Crippen molar-refractivity contribution in [3.8, 4) is 0 Å². The number of unbranched alkanes of at least 4 members (excludes halogenated alkanes) is 1. The van der Waals surface area contributed by atoms with Crippen LogP contribution in [-0.2, 0) is 18.6 Å². The summed E-state index contributed by atoms with van der Waals surface area (Å²) in [6.45, 7) is 6.72. The first-order valence-electron chi connectivity index (χ1n) is 7.83. The summed E-state index contributed by atoms with van der Waals surface area (Å²) in [7, 11) is -2.15. The summed E-state index contributed by atoms with van der Waals surface area (Å²) < 4.78 is 25.4. The van der Waals surface area contributed by atoms with Crippen LogP contribution in [0.2, 0.25) is 0 Å². The number of nitrogens with one attached hydrogen (secondary N) is 1. The van der Waals surface area contributed by atoms with Crippen LogP contribution < -0.4 is 5.09 Å². The van der Waals surface area contributed by atoms with Gasteiger partial charge in [-0.2, -0.15) is 0 Å². The second-order valence-corrected chi connectivity index (χ2v) is 8.29. The summed E-state index contributed by atoms with van der Waals surface area (Å²) >= 11 is 11.6. The second kappa shape index (κ2) is 12.5. The van der Waals surface area contributed by atoms with Crippen LogP contribution in [0.4, 0.5) is 0 Å². The first kappa shape index (κ1) is 23.2. The number of hydrogen-bond donors (Lipinski definition) is 1. The van der Waals surface area contributed by atoms with Gasteiger partial charge in [-0.25, -0.2) is 9.76 Å². The lowest BCUT2D eigenvalue weighted by atomic mass is 10.1. The maximum Gasteiger partial charge on any atom is 0.344 e. The Morgan fingerprint density at radius 1 is 1.26 bits per heavy atom. The molecule has 2 atom stereocenters. The van der Waals surface area contributed by atoms with Gasteiger partial charge in [0.15, 0.2) is 0 Å². The number of alkyl halides is 2. The summed E-state index contributed by atoms with van der Waals surface area (Å²) in [6, 6.07) is -0.736. The Hall–Kier alpha value is 0.160. The quantitative estimate of drug-likeness (QED) is 0.224. The van der Waals surface area contributed by atoms with E-state index in [1.54, 1.807) is 4.67 Å². The minimum absolute atomic E-state index is 0.112. The predicted octanol–water partition coefficient (Wildman–Crippen LogP) is 3.48. The Kier molecular flexibility index (Phi) is 12.6. The maximum atomic E-state index is 13.4. The van der Waals surface area contributed by atoms with Crippen molar-refractivity contribution < 1.29 is 18.6 Å². The fraction of sp³-hybridized carbons (Fsp3) is 0.929. The zero-order chi connectivity index (χ0) is 17.9. The zero-order valence-electron chi connectivity index (χ0n) is 14.4. The van der Waals surface area contributed by atoms with Crippen molar-refractivity contribution in [3.05, 3.63) is 0 Å². The highest BCUT2D eigenvalue weighted by Gasteiger charge is 2.37. The normalized spacial score (nSPS) is 15.7. The third kappa shape index (κ3) is 8.19. The van der Waals surface area contributed by atoms with Gasteiger partial charge in [-0.05, 0) is 12.3 Å². The van der Waals surface area contributed by atoms with E-state index in [1.165, 1.54) is 7.11 Å². The molecule has 0 heterocycles. The van der Waals surface area contributed by atoms with E-state index in [0.29, 0.717) is 19.7 Å². The molecule has 0 saturated heterocycles. The summed E-state index contributed by atoms with van der Waals surface area (Å²) in [5.41, 5.74) is 0. The smallest absolute Gasteiger partial charge is 0.344 e. The summed E-state index contributed by atoms with van der Waals surface area (Å²) in [4.78, 5) is 12.0. The first-order chi connectivity index (χ1) is 10.9. The van der Waals surface area contributed by atoms with Crippen molar-refractivity contribution in [1.29, 1.82) is 0 Å². The number of ether oxygens (including phenoxy) is 1. The second-order valence-electron chi connectivity index (χ2n) is 5.41. The zero-order valence-corrected chi connectivity index (χ0v) is 16.8. The highest BCUT2D eigenvalue weighted by Crippen LogP contribution is 2.47. The molecule has 0 aliphatic heterocycles. The molecule has 0 radical (unpaired) electrons. The van der Waals surface area contributed by atoms with Crippen molar-refractivity contribution in [1.82, 2.24) is 9.76 Å². The molecule has 0 aliphatic rings. The van der Waals surface area contributed by atoms with Gasteiger partial charge in [0, 0.05) is 24.8 Å². The van der Waals surface area contributed by atoms with Gasteiger partial charge in [-0.3, -0.25) is 9.36 Å². The van der Waals surface area contributed by atoms with Gasteiger partial charge < -0.3 is 9.26 Å². The van der Waals surface area contributed by atoms with Gasteiger partial charge in [0.05, 0.1) is 13.7 Å². The van der Waals surface area contributed by atoms with Crippen LogP contribution in [0.1, 0.15) is 33.6 Å². The molecule has 0 rings (SSSR count). The predicted molar refractivity (Wildman–Crippen MR) is 95.3 cm³/mol. The molecule has 0 aromatic carbocycles. The van der Waals surface area contributed by atoms with E-state index in [2.05, 4.69) is 5.09 Å². The van der Waals surface area contributed by atoms with Gasteiger partial charge in [0.2, 0.25) is 0 Å². The molecule has 2 unspecified atom stereocenters. The SMILES string of the molecule is CCCCOP(=O)(NC(C(=O)OC)C(C)C)N(CCCl)CCCl. The Labute approximate surface area is 149 Å². The van der Waals surface area contributed by atoms with Crippen molar-refractivity contribution in [2.75, 3.05) is 38.6 Å². The highest BCUT2D eigenvalue weighted by molar-refractivity contribution is 7.54. The largest absolute Gasteiger partial charge is 0.468 e. The average molecular weight is 391 g/mol. The van der Waals surface area contributed by atoms with Crippen molar-refractivity contribution in [2.45, 2.75) is 39.7 Å². The molecule has 0 saturated carbocycles. The molecule has 23 heavy (non-hydrogen) atoms. The molecular formula is C14H29Cl2N2O4P. The van der Waals surface area contributed by atoms with E-state index >= 15 is 0 Å². The highest BCUT2D eigenvalue weighted by atomic mass is 35.5. The Morgan fingerprint density at radius 3 is 2.22 bits per heavy atom. The van der Waals surface area contributed by atoms with Gasteiger partial charge in [-0.1, -0.05) is 27.2 Å². The third-order valence-corrected chi connectivity index (χ3v) is 5.87. The number of carbonyl (C=O) groups excluding carboxylic acids is 1. The number of halogens is 2. The molecule has 0 spiro atoms. The molecule has 0 amide bonds. The van der Waals surface area contributed by atoms with Crippen LogP contribution in [0.3, 0.4) is 0 Å². The number of esters is 1. The van der Waals surface area contributed by atoms with Crippen molar-refractivity contribution in [3.63, 3.8) is 0 Å². The fourth-order valence-electron chi connectivity index (χ4n) is 1.88. The molecular weight excluding hydrogens is 362 g/mol. The van der Waals surface area contributed by atoms with E-state index in [9.17, 15) is 9.36 Å². The van der Waals surface area contributed by atoms with Crippen LogP contribution in [0.15, 0.2) is 0 Å². The standard InChI is InChI=1S/C14H29Cl2N2O4P/c1-5-6-11-22-23(20,18(9-7-15)10-8-16)17-13(12(2)3)14(19)21-4/h12-13H,5-11H2,1-4H3,(H,17,20). The Morgan fingerprint density at radius 2 is 1.83 bits per heavy atom. The van der Waals surface area contributed by atoms with Gasteiger partial charge in [0.25, 0.3) is 0 Å². The van der Waals surface area contributed by atoms with Crippen LogP contribution in [0, 0.1) is 5.92 Å². The number of nitrogens with zero attached hydrogens (tertiary/aromatic N) is 1. The Balaban J connectivity index is 5.36. The van der Waals surface area contributed by atoms with Gasteiger partial charge in [0.1, 0.15) is 6.04 Å². The molecule has 0 bridgehead atoms. The number of carbonyl (C=O) groups is 1. The Bertz CT molecular complexity index is 380. The first-order valence-corrected chi connectivity index (χ1v) is 10.5. The number of methoxy groups -OCH3 is 1. The van der Waals surface area contributed by atoms with Crippen LogP contribution in [-0.4, -0.2) is 55.2 Å². The molecule has 0 aromatic heterocycles. The van der Waals surface area contributed by atoms with Crippen LogP contribution in [0.5, 0.6) is 0 Å². The molecule has 0 aromatic rings. The summed E-state index contributed by atoms with van der Waals surface area (Å²) in [6.07, 6.45) is 1.68. The molecule has 138 valence electrons. The molecule has 0 aliphatic carbocycles. The average Bonchev–Trinajstić information content (AvgIpc) is 2.51. The maximum absolute atomic E-state index is 13.4. The lowest BCUT2D eigenvalue weighted by molar-refractivity contribution is -0.143. The topological polar surface area (TPSA) is 67.9 Å². The van der Waals surface area contributed by atoms with Gasteiger partial charge in [-0.15, -0.1) is 23.2 Å². The number of rotatable bonds is 13. The lowest BCUT2D eigenvalue weighted by Gasteiger charge is -2.33. The number of hydrogen-bond acceptors (Lipinski definition) is 4. The summed E-state index contributed by atoms with van der Waals surface area (Å²) in [5, 5.41) is 2.88. The van der Waals surface area contributed by atoms with E-state index in [4.69, 9.17) is 32.5 Å². The van der Waals surface area contributed by atoms with Crippen molar-refractivity contribution >= 4 is 36.8 Å². The van der Waals surface area contributed by atoms with Crippen molar-refractivity contribution in [2.24, 2.45) is 5.92 Å². The molecule has 1 N–H and O–H groups in total. The fourth-order valence-corrected chi connectivity index (χ4v) is 4.78. The van der Waals surface area contributed by atoms with E-state index < -0.39 is 19.7 Å². The van der Waals surface area contributed by atoms with Crippen LogP contribution in [0.25, 0.3) is 0 Å². The minimum Gasteiger partial charge on any atom is -0.468 e. The van der Waals surface area contributed by atoms with Gasteiger partial charge >= 0.3 is 13.6 Å². The van der Waals surface area contributed by atoms with E-state index in [1.807, 2.05) is 20.8 Å². The lowest BCUT2D eigenvalue weighted by Crippen LogP contribution is -2.44. The third-order valence-electron chi connectivity index (χ3n) is 3.25. The molecule has 0 fully saturated rings. The van der Waals surface area contributed by atoms with E-state index in [0.717, 1.165) is 12.8 Å². The molecule has 6 nitrogen and oxygen atoms in total. The van der Waals surface area contributed by atoms with E-state index in [-0.39, 0.29) is 17.7 Å². The monoisotopic (exact) mass is 390 g/mol. The van der Waals surface area contributed by atoms with Crippen LogP contribution >= 0.6 is 30.9 Å². The minimum atomic E-state index is -3.46. The molecule has 9 heteroatoms. The summed E-state index contributed by atoms with van der Waals surface area (Å²) in [5.74, 6) is -0.0236.